The average molecular weight is 628 g/mol. The standard InChI is InChI=1S/4CH4N2S.4BrH/c4*2-1(3)4;;;;/h4*(H4,2,3,4);4*1H. The smallest absolute Gasteiger partial charge is 0.160 e. The second-order valence-corrected chi connectivity index (χ2v) is 3.50. The number of thiocarbonyl (C=S) groups is 4. The predicted octanol–water partition coefficient (Wildman–Crippen LogP) is -0.934. The Morgan fingerprint density at radius 2 is 0.350 bits per heavy atom. The fraction of sp³-hybridized carbons (Fsp3) is 0. The Labute approximate surface area is 181 Å². The van der Waals surface area contributed by atoms with E-state index in [9.17, 15) is 0 Å². The normalized spacial score (nSPS) is 4.80. The first-order valence-corrected chi connectivity index (χ1v) is 4.76. The molecule has 20 heavy (non-hydrogen) atoms. The van der Waals surface area contributed by atoms with Gasteiger partial charge in [0.2, 0.25) is 0 Å². The summed E-state index contributed by atoms with van der Waals surface area (Å²) in [7, 11) is 0. The Morgan fingerprint density at radius 1 is 0.350 bits per heavy atom. The average Bonchev–Trinajstić information content (AvgIpc) is 1.76. The van der Waals surface area contributed by atoms with Gasteiger partial charge in [0, 0.05) is 0 Å². The summed E-state index contributed by atoms with van der Waals surface area (Å²) in [6.07, 6.45) is 0. The Balaban J connectivity index is -0.0000000150. The molecule has 0 radical (unpaired) electrons. The molecule has 128 valence electrons. The molecule has 0 aliphatic rings. The van der Waals surface area contributed by atoms with Gasteiger partial charge in [-0.1, -0.05) is 0 Å². The molecule has 0 unspecified atom stereocenters. The second-order valence-electron chi connectivity index (χ2n) is 1.61. The molecule has 16 heteroatoms. The lowest BCUT2D eigenvalue weighted by Gasteiger charge is -1.68. The molecule has 0 aromatic carbocycles. The van der Waals surface area contributed by atoms with Gasteiger partial charge in [0.15, 0.2) is 20.4 Å². The molecular weight excluding hydrogens is 608 g/mol. The van der Waals surface area contributed by atoms with Gasteiger partial charge in [-0.25, -0.2) is 0 Å². The number of rotatable bonds is 0. The topological polar surface area (TPSA) is 208 Å². The third-order valence-corrected chi connectivity index (χ3v) is 0. The third-order valence-electron chi connectivity index (χ3n) is 0. The summed E-state index contributed by atoms with van der Waals surface area (Å²) in [5.41, 5.74) is 37.0. The number of nitrogens with two attached hydrogens (primary N) is 8. The first kappa shape index (κ1) is 49.8. The van der Waals surface area contributed by atoms with E-state index >= 15 is 0 Å². The monoisotopic (exact) mass is 624 g/mol. The Kier molecular flexibility index (Phi) is 106. The number of hydrogen-bond donors (Lipinski definition) is 8. The molecule has 0 aromatic rings. The van der Waals surface area contributed by atoms with Gasteiger partial charge in [0.05, 0.1) is 0 Å². The van der Waals surface area contributed by atoms with E-state index in [0.717, 1.165) is 0 Å². The molecule has 0 spiro atoms. The zero-order valence-electron chi connectivity index (χ0n) is 9.88. The zero-order chi connectivity index (χ0) is 14.3. The minimum atomic E-state index is 0. The van der Waals surface area contributed by atoms with Crippen LogP contribution in [0.1, 0.15) is 0 Å². The van der Waals surface area contributed by atoms with E-state index in [1.807, 2.05) is 0 Å². The first-order valence-electron chi connectivity index (χ1n) is 3.13. The minimum absolute atomic E-state index is 0. The van der Waals surface area contributed by atoms with Gasteiger partial charge in [0.25, 0.3) is 0 Å². The molecule has 8 nitrogen and oxygen atoms in total. The van der Waals surface area contributed by atoms with Crippen LogP contribution < -0.4 is 45.9 Å². The fourth-order valence-electron chi connectivity index (χ4n) is 0. The highest BCUT2D eigenvalue weighted by Gasteiger charge is 1.54. The van der Waals surface area contributed by atoms with Crippen molar-refractivity contribution in [1.29, 1.82) is 0 Å². The molecule has 0 heterocycles. The van der Waals surface area contributed by atoms with E-state index in [1.165, 1.54) is 0 Å². The minimum Gasteiger partial charge on any atom is -0.377 e. The summed E-state index contributed by atoms with van der Waals surface area (Å²) < 4.78 is 0. The predicted molar refractivity (Wildman–Crippen MR) is 125 cm³/mol. The molecule has 0 fully saturated rings. The molecular formula is C4H20Br4N8S4. The van der Waals surface area contributed by atoms with Crippen LogP contribution in [0.2, 0.25) is 0 Å². The lowest BCUT2D eigenvalue weighted by atomic mass is 11.3. The summed E-state index contributed by atoms with van der Waals surface area (Å²) in [4.78, 5) is 0. The van der Waals surface area contributed by atoms with Crippen molar-refractivity contribution in [3.8, 4) is 0 Å². The van der Waals surface area contributed by atoms with Crippen molar-refractivity contribution < 1.29 is 0 Å². The highest BCUT2D eigenvalue weighted by molar-refractivity contribution is 8.93. The lowest BCUT2D eigenvalue weighted by Crippen LogP contribution is -2.18. The van der Waals surface area contributed by atoms with Crippen LogP contribution in [-0.2, 0) is 0 Å². The lowest BCUT2D eigenvalue weighted by molar-refractivity contribution is 1.65. The van der Waals surface area contributed by atoms with Crippen molar-refractivity contribution in [1.82, 2.24) is 0 Å². The molecule has 0 rings (SSSR count). The van der Waals surface area contributed by atoms with E-state index in [1.54, 1.807) is 0 Å². The maximum absolute atomic E-state index is 4.62. The molecule has 0 saturated carbocycles. The van der Waals surface area contributed by atoms with Gasteiger partial charge >= 0.3 is 0 Å². The van der Waals surface area contributed by atoms with Crippen molar-refractivity contribution in [2.45, 2.75) is 0 Å². The Hall–Kier alpha value is 0.680. The SMILES string of the molecule is Br.Br.Br.Br.NC(N)=S.NC(N)=S.NC(N)=S.NC(N)=S. The van der Waals surface area contributed by atoms with Crippen LogP contribution in [0.15, 0.2) is 0 Å². The van der Waals surface area contributed by atoms with E-state index in [4.69, 9.17) is 0 Å². The molecule has 0 saturated heterocycles. The zero-order valence-corrected chi connectivity index (χ0v) is 20.0. The van der Waals surface area contributed by atoms with Crippen LogP contribution in [0.5, 0.6) is 0 Å². The summed E-state index contributed by atoms with van der Waals surface area (Å²) in [5.74, 6) is 0. The van der Waals surface area contributed by atoms with Crippen LogP contribution >= 0.6 is 117 Å². The Bertz CT molecular complexity index is 179. The molecule has 0 aliphatic carbocycles. The van der Waals surface area contributed by atoms with Gasteiger partial charge < -0.3 is 45.9 Å². The molecule has 0 bridgehead atoms. The van der Waals surface area contributed by atoms with Crippen LogP contribution in [0.25, 0.3) is 0 Å². The van der Waals surface area contributed by atoms with Crippen molar-refractivity contribution in [3.05, 3.63) is 0 Å². The van der Waals surface area contributed by atoms with Gasteiger partial charge in [-0.05, 0) is 48.9 Å². The summed E-state index contributed by atoms with van der Waals surface area (Å²) in [6.45, 7) is 0. The molecule has 16 N–H and O–H groups in total. The largest absolute Gasteiger partial charge is 0.377 e. The van der Waals surface area contributed by atoms with E-state index in [2.05, 4.69) is 94.7 Å². The molecule has 0 atom stereocenters. The van der Waals surface area contributed by atoms with E-state index in [-0.39, 0.29) is 88.4 Å². The van der Waals surface area contributed by atoms with Crippen LogP contribution in [0.3, 0.4) is 0 Å². The number of halogens is 4. The highest BCUT2D eigenvalue weighted by atomic mass is 79.9. The van der Waals surface area contributed by atoms with Crippen molar-refractivity contribution in [2.24, 2.45) is 45.9 Å². The fourth-order valence-corrected chi connectivity index (χ4v) is 0. The highest BCUT2D eigenvalue weighted by Crippen LogP contribution is 1.33. The van der Waals surface area contributed by atoms with Gasteiger partial charge in [-0.15, -0.1) is 67.9 Å². The molecule has 0 aromatic heterocycles. The summed E-state index contributed by atoms with van der Waals surface area (Å²) >= 11 is 16.4. The molecule has 0 aliphatic heterocycles. The maximum Gasteiger partial charge on any atom is 0.160 e. The van der Waals surface area contributed by atoms with Crippen LogP contribution in [-0.4, -0.2) is 20.4 Å². The number of hydrogen-bond acceptors (Lipinski definition) is 4. The summed E-state index contributed by atoms with van der Waals surface area (Å²) in [5, 5.41) is 0.000000000000000888. The van der Waals surface area contributed by atoms with Gasteiger partial charge in [-0.2, -0.15) is 0 Å². The maximum atomic E-state index is 4.62. The van der Waals surface area contributed by atoms with Crippen molar-refractivity contribution >= 4 is 137 Å². The van der Waals surface area contributed by atoms with Crippen molar-refractivity contribution in [2.75, 3.05) is 0 Å². The molecule has 0 amide bonds. The van der Waals surface area contributed by atoms with Gasteiger partial charge in [0.1, 0.15) is 0 Å². The van der Waals surface area contributed by atoms with Gasteiger partial charge in [-0.3, -0.25) is 0 Å². The first-order chi connectivity index (χ1) is 6.93. The third kappa shape index (κ3) is 12600. The second kappa shape index (κ2) is 42.7. The Morgan fingerprint density at radius 3 is 0.350 bits per heavy atom. The van der Waals surface area contributed by atoms with E-state index in [0.29, 0.717) is 0 Å². The van der Waals surface area contributed by atoms with Crippen LogP contribution in [0.4, 0.5) is 0 Å². The van der Waals surface area contributed by atoms with E-state index < -0.39 is 0 Å². The van der Waals surface area contributed by atoms with Crippen molar-refractivity contribution in [3.63, 3.8) is 0 Å². The summed E-state index contributed by atoms with van der Waals surface area (Å²) in [6, 6.07) is 0. The van der Waals surface area contributed by atoms with Crippen LogP contribution in [0, 0.1) is 0 Å². The quantitative estimate of drug-likeness (QED) is 0.153.